The van der Waals surface area contributed by atoms with E-state index in [1.807, 2.05) is 44.2 Å². The summed E-state index contributed by atoms with van der Waals surface area (Å²) in [5.74, 6) is -1.48. The Bertz CT molecular complexity index is 1230. The van der Waals surface area contributed by atoms with Crippen molar-refractivity contribution in [3.05, 3.63) is 58.4 Å². The molecular formula is C25H24ClFN4O2S. The van der Waals surface area contributed by atoms with Crippen LogP contribution in [0.15, 0.2) is 36.4 Å². The van der Waals surface area contributed by atoms with Gasteiger partial charge in [-0.2, -0.15) is 5.26 Å². The van der Waals surface area contributed by atoms with Crippen LogP contribution in [0.1, 0.15) is 50.7 Å². The number of halogens is 2. The molecule has 1 heterocycles. The van der Waals surface area contributed by atoms with Crippen LogP contribution < -0.4 is 15.5 Å². The minimum absolute atomic E-state index is 0.00852. The van der Waals surface area contributed by atoms with Crippen LogP contribution in [0.4, 0.5) is 15.8 Å². The number of nitrogens with two attached hydrogens (primary N) is 1. The lowest BCUT2D eigenvalue weighted by molar-refractivity contribution is -0.126. The van der Waals surface area contributed by atoms with Crippen LogP contribution in [-0.4, -0.2) is 22.5 Å². The van der Waals surface area contributed by atoms with Crippen molar-refractivity contribution in [1.82, 2.24) is 0 Å². The fourth-order valence-corrected chi connectivity index (χ4v) is 5.05. The van der Waals surface area contributed by atoms with E-state index in [1.54, 1.807) is 4.90 Å². The van der Waals surface area contributed by atoms with Gasteiger partial charge in [-0.1, -0.05) is 37.6 Å². The number of aryl methyl sites for hydroxylation is 1. The van der Waals surface area contributed by atoms with E-state index in [4.69, 9.17) is 34.8 Å². The molecule has 34 heavy (non-hydrogen) atoms. The van der Waals surface area contributed by atoms with Crippen LogP contribution in [0.5, 0.6) is 0 Å². The molecule has 2 aromatic carbocycles. The predicted octanol–water partition coefficient (Wildman–Crippen LogP) is 4.86. The van der Waals surface area contributed by atoms with Gasteiger partial charge in [-0.05, 0) is 74.2 Å². The Kier molecular flexibility index (Phi) is 6.13. The third-order valence-corrected chi connectivity index (χ3v) is 7.65. The van der Waals surface area contributed by atoms with Crippen molar-refractivity contribution in [2.45, 2.75) is 51.5 Å². The summed E-state index contributed by atoms with van der Waals surface area (Å²) in [7, 11) is 0. The first-order chi connectivity index (χ1) is 16.0. The molecule has 2 aromatic rings. The van der Waals surface area contributed by atoms with E-state index >= 15 is 4.39 Å². The van der Waals surface area contributed by atoms with Gasteiger partial charge in [0.1, 0.15) is 11.6 Å². The number of anilines is 2. The Morgan fingerprint density at radius 2 is 1.91 bits per heavy atom. The van der Waals surface area contributed by atoms with Gasteiger partial charge in [0.2, 0.25) is 5.91 Å². The zero-order valence-corrected chi connectivity index (χ0v) is 20.5. The smallest absolute Gasteiger partial charge is 0.259 e. The van der Waals surface area contributed by atoms with Crippen molar-refractivity contribution in [3.63, 3.8) is 0 Å². The molecule has 4 rings (SSSR count). The summed E-state index contributed by atoms with van der Waals surface area (Å²) in [6, 6.07) is 12.2. The largest absolute Gasteiger partial charge is 0.369 e. The van der Waals surface area contributed by atoms with Crippen molar-refractivity contribution < 1.29 is 14.0 Å². The number of amides is 2. The number of thiocarbonyl (C=S) groups is 1. The van der Waals surface area contributed by atoms with Crippen molar-refractivity contribution >= 4 is 52.1 Å². The Morgan fingerprint density at radius 1 is 1.26 bits per heavy atom. The molecule has 1 spiro atoms. The zero-order valence-electron chi connectivity index (χ0n) is 18.9. The van der Waals surface area contributed by atoms with E-state index in [1.165, 1.54) is 17.0 Å². The maximum atomic E-state index is 15.1. The highest BCUT2D eigenvalue weighted by atomic mass is 35.5. The van der Waals surface area contributed by atoms with Gasteiger partial charge in [-0.25, -0.2) is 4.39 Å². The first kappa shape index (κ1) is 24.1. The average molecular weight is 499 g/mol. The highest BCUT2D eigenvalue weighted by Crippen LogP contribution is 2.48. The first-order valence-corrected chi connectivity index (χ1v) is 11.8. The lowest BCUT2D eigenvalue weighted by atomic mass is 9.75. The molecule has 176 valence electrons. The first-order valence-electron chi connectivity index (χ1n) is 11.0. The quantitative estimate of drug-likeness (QED) is 0.574. The molecule has 1 aliphatic heterocycles. The molecular weight excluding hydrogens is 475 g/mol. The van der Waals surface area contributed by atoms with Crippen LogP contribution in [-0.2, 0) is 16.0 Å². The molecule has 0 radical (unpaired) electrons. The summed E-state index contributed by atoms with van der Waals surface area (Å²) >= 11 is 11.7. The summed E-state index contributed by atoms with van der Waals surface area (Å²) in [5.41, 5.74) is 5.70. The molecule has 9 heteroatoms. The van der Waals surface area contributed by atoms with E-state index in [0.717, 1.165) is 17.7 Å². The molecule has 0 aromatic heterocycles. The van der Waals surface area contributed by atoms with Crippen LogP contribution in [0.25, 0.3) is 0 Å². The van der Waals surface area contributed by atoms with Gasteiger partial charge in [0.15, 0.2) is 10.9 Å². The van der Waals surface area contributed by atoms with E-state index < -0.39 is 16.8 Å². The van der Waals surface area contributed by atoms with E-state index in [-0.39, 0.29) is 33.2 Å². The van der Waals surface area contributed by atoms with Crippen LogP contribution in [0, 0.1) is 22.6 Å². The third kappa shape index (κ3) is 3.73. The second-order valence-electron chi connectivity index (χ2n) is 9.43. The summed E-state index contributed by atoms with van der Waals surface area (Å²) in [6.45, 7) is 3.64. The van der Waals surface area contributed by atoms with Gasteiger partial charge in [0.25, 0.3) is 5.91 Å². The standard InChI is InChI=1S/C25H24ClFN4O2S/c1-24(2,21(29)32)13-10-15-4-7-17(8-5-15)31-23(34)30(22(33)25(31)11-3-12-25)18-9-6-16(14-28)19(26)20(18)27/h4-9H,3,10-13H2,1-2H3,(H2,29,32). The molecule has 0 bridgehead atoms. The number of nitrogens with zero attached hydrogens (tertiary/aromatic N) is 3. The van der Waals surface area contributed by atoms with Gasteiger partial charge >= 0.3 is 0 Å². The van der Waals surface area contributed by atoms with Gasteiger partial charge in [0.05, 0.1) is 16.3 Å². The molecule has 1 aliphatic carbocycles. The molecule has 0 atom stereocenters. The monoisotopic (exact) mass is 498 g/mol. The molecule has 0 unspecified atom stereocenters. The van der Waals surface area contributed by atoms with Gasteiger partial charge in [-0.15, -0.1) is 0 Å². The maximum absolute atomic E-state index is 15.1. The molecule has 2 fully saturated rings. The minimum atomic E-state index is -0.862. The number of nitriles is 1. The highest BCUT2D eigenvalue weighted by Gasteiger charge is 2.60. The SMILES string of the molecule is CC(C)(CCc1ccc(N2C(=S)N(c3ccc(C#N)c(Cl)c3F)C(=O)C23CCC3)cc1)C(N)=O. The van der Waals surface area contributed by atoms with E-state index in [0.29, 0.717) is 25.7 Å². The van der Waals surface area contributed by atoms with Crippen molar-refractivity contribution in [2.75, 3.05) is 9.80 Å². The topological polar surface area (TPSA) is 90.4 Å². The second-order valence-corrected chi connectivity index (χ2v) is 10.2. The molecule has 2 N–H and O–H groups in total. The molecule has 1 saturated heterocycles. The number of benzene rings is 2. The van der Waals surface area contributed by atoms with Gasteiger partial charge < -0.3 is 10.6 Å². The van der Waals surface area contributed by atoms with Crippen LogP contribution in [0.3, 0.4) is 0 Å². The molecule has 2 amide bonds. The van der Waals surface area contributed by atoms with Crippen LogP contribution in [0.2, 0.25) is 5.02 Å². The number of rotatable bonds is 6. The Labute approximate surface area is 208 Å². The van der Waals surface area contributed by atoms with Gasteiger partial charge in [0, 0.05) is 11.1 Å². The van der Waals surface area contributed by atoms with Crippen molar-refractivity contribution in [2.24, 2.45) is 11.1 Å². The Morgan fingerprint density at radius 3 is 2.44 bits per heavy atom. The highest BCUT2D eigenvalue weighted by molar-refractivity contribution is 7.81. The molecule has 1 saturated carbocycles. The van der Waals surface area contributed by atoms with Gasteiger partial charge in [-0.3, -0.25) is 14.5 Å². The van der Waals surface area contributed by atoms with Crippen molar-refractivity contribution in [1.29, 1.82) is 5.26 Å². The summed E-state index contributed by atoms with van der Waals surface area (Å²) in [4.78, 5) is 28.1. The lowest BCUT2D eigenvalue weighted by Crippen LogP contribution is -2.55. The predicted molar refractivity (Wildman–Crippen MR) is 133 cm³/mol. The molecule has 2 aliphatic rings. The van der Waals surface area contributed by atoms with E-state index in [2.05, 4.69) is 0 Å². The third-order valence-electron chi connectivity index (χ3n) is 6.92. The zero-order chi connectivity index (χ0) is 24.8. The van der Waals surface area contributed by atoms with Crippen LogP contribution >= 0.6 is 23.8 Å². The molecule has 6 nitrogen and oxygen atoms in total. The normalized spacial score (nSPS) is 17.1. The number of primary amides is 1. The van der Waals surface area contributed by atoms with E-state index in [9.17, 15) is 9.59 Å². The second kappa shape index (κ2) is 8.64. The Hall–Kier alpha value is -3.02. The fourth-order valence-electron chi connectivity index (χ4n) is 4.38. The summed E-state index contributed by atoms with van der Waals surface area (Å²) < 4.78 is 15.1. The average Bonchev–Trinajstić information content (AvgIpc) is 3.01. The lowest BCUT2D eigenvalue weighted by Gasteiger charge is -2.43. The summed E-state index contributed by atoms with van der Waals surface area (Å²) in [6.07, 6.45) is 3.34. The number of hydrogen-bond acceptors (Lipinski definition) is 4. The fraction of sp³-hybridized carbons (Fsp3) is 0.360. The number of carbonyl (C=O) groups excluding carboxylic acids is 2. The number of hydrogen-bond donors (Lipinski definition) is 1. The summed E-state index contributed by atoms with van der Waals surface area (Å²) in [5, 5.41) is 8.96. The number of carbonyl (C=O) groups is 2. The Balaban J connectivity index is 1.65. The van der Waals surface area contributed by atoms with Crippen molar-refractivity contribution in [3.8, 4) is 6.07 Å². The minimum Gasteiger partial charge on any atom is -0.369 e. The maximum Gasteiger partial charge on any atom is 0.259 e.